The summed E-state index contributed by atoms with van der Waals surface area (Å²) >= 11 is 9.33. The molecule has 0 saturated heterocycles. The summed E-state index contributed by atoms with van der Waals surface area (Å²) in [5.41, 5.74) is 0.612. The third-order valence-corrected chi connectivity index (χ3v) is 3.65. The molecule has 0 aliphatic heterocycles. The molecule has 16 heavy (non-hydrogen) atoms. The van der Waals surface area contributed by atoms with E-state index in [-0.39, 0.29) is 9.85 Å². The van der Waals surface area contributed by atoms with E-state index in [1.165, 1.54) is 0 Å². The smallest absolute Gasteiger partial charge is 0.160 e. The van der Waals surface area contributed by atoms with Crippen LogP contribution in [0.15, 0.2) is 12.1 Å². The number of halogens is 4. The molecule has 0 nitrogen and oxygen atoms in total. The number of alkyl halides is 1. The molecule has 1 unspecified atom stereocenters. The minimum Gasteiger partial charge on any atom is -0.204 e. The molecule has 0 N–H and O–H groups in total. The number of hydrogen-bond acceptors (Lipinski definition) is 0. The lowest BCUT2D eigenvalue weighted by Gasteiger charge is -2.13. The highest BCUT2D eigenvalue weighted by atomic mass is 79.9. The predicted octanol–water partition coefficient (Wildman–Crippen LogP) is 5.49. The third-order valence-electron chi connectivity index (χ3n) is 2.37. The average molecular weight is 312 g/mol. The van der Waals surface area contributed by atoms with E-state index in [0.29, 0.717) is 11.5 Å². The second-order valence-corrected chi connectivity index (χ2v) is 5.74. The van der Waals surface area contributed by atoms with Gasteiger partial charge in [-0.15, -0.1) is 0 Å². The molecule has 0 spiro atoms. The van der Waals surface area contributed by atoms with Crippen LogP contribution >= 0.6 is 27.5 Å². The van der Waals surface area contributed by atoms with Gasteiger partial charge in [-0.2, -0.15) is 0 Å². The Labute approximate surface area is 108 Å². The number of benzene rings is 1. The first-order valence-electron chi connectivity index (χ1n) is 5.20. The van der Waals surface area contributed by atoms with Crippen molar-refractivity contribution in [3.8, 4) is 0 Å². The highest BCUT2D eigenvalue weighted by Crippen LogP contribution is 2.35. The van der Waals surface area contributed by atoms with Gasteiger partial charge in [-0.05, 0) is 36.5 Å². The molecule has 1 rings (SSSR count). The quantitative estimate of drug-likeness (QED) is 0.509. The summed E-state index contributed by atoms with van der Waals surface area (Å²) in [6.45, 7) is 4.24. The molecule has 0 radical (unpaired) electrons. The minimum atomic E-state index is -0.905. The van der Waals surface area contributed by atoms with Gasteiger partial charge in [-0.1, -0.05) is 41.4 Å². The fourth-order valence-corrected chi connectivity index (χ4v) is 2.47. The molecule has 0 saturated carbocycles. The van der Waals surface area contributed by atoms with Gasteiger partial charge in [0.05, 0.1) is 0 Å². The van der Waals surface area contributed by atoms with Crippen LogP contribution < -0.4 is 0 Å². The fraction of sp³-hybridized carbons (Fsp3) is 0.500. The van der Waals surface area contributed by atoms with E-state index in [4.69, 9.17) is 11.6 Å². The first-order valence-corrected chi connectivity index (χ1v) is 6.49. The summed E-state index contributed by atoms with van der Waals surface area (Å²) in [6, 6.07) is 2.19. The van der Waals surface area contributed by atoms with E-state index in [0.717, 1.165) is 25.0 Å². The van der Waals surface area contributed by atoms with Crippen LogP contribution in [0, 0.1) is 17.6 Å². The minimum absolute atomic E-state index is 0.0301. The summed E-state index contributed by atoms with van der Waals surface area (Å²) in [5, 5.41) is 0.268. The molecule has 0 aliphatic rings. The first kappa shape index (κ1) is 13.9. The van der Waals surface area contributed by atoms with Crippen molar-refractivity contribution in [1.82, 2.24) is 0 Å². The zero-order chi connectivity index (χ0) is 12.3. The second-order valence-electron chi connectivity index (χ2n) is 4.23. The maximum Gasteiger partial charge on any atom is 0.160 e. The Balaban J connectivity index is 2.82. The lowest BCUT2D eigenvalue weighted by atomic mass is 10.0. The van der Waals surface area contributed by atoms with Gasteiger partial charge in [0, 0.05) is 9.85 Å². The molecule has 90 valence electrons. The fourth-order valence-electron chi connectivity index (χ4n) is 1.41. The van der Waals surface area contributed by atoms with Crippen LogP contribution in [0.4, 0.5) is 8.78 Å². The topological polar surface area (TPSA) is 0 Å². The van der Waals surface area contributed by atoms with Crippen LogP contribution in [0.1, 0.15) is 37.1 Å². The molecule has 0 fully saturated rings. The van der Waals surface area contributed by atoms with E-state index >= 15 is 0 Å². The van der Waals surface area contributed by atoms with Crippen molar-refractivity contribution in [3.63, 3.8) is 0 Å². The Morgan fingerprint density at radius 1 is 1.19 bits per heavy atom. The average Bonchev–Trinajstić information content (AvgIpc) is 2.20. The Hall–Kier alpha value is -0.150. The van der Waals surface area contributed by atoms with E-state index < -0.39 is 11.6 Å². The number of rotatable bonds is 4. The summed E-state index contributed by atoms with van der Waals surface area (Å²) in [6.07, 6.45) is 1.85. The molecule has 0 aliphatic carbocycles. The molecule has 1 atom stereocenters. The predicted molar refractivity (Wildman–Crippen MR) is 67.1 cm³/mol. The van der Waals surface area contributed by atoms with Crippen molar-refractivity contribution in [1.29, 1.82) is 0 Å². The molecular weight excluding hydrogens is 297 g/mol. The second kappa shape index (κ2) is 5.97. The maximum atomic E-state index is 13.1. The van der Waals surface area contributed by atoms with Gasteiger partial charge < -0.3 is 0 Å². The molecule has 0 bridgehead atoms. The summed E-state index contributed by atoms with van der Waals surface area (Å²) < 4.78 is 25.9. The van der Waals surface area contributed by atoms with Crippen molar-refractivity contribution in [3.05, 3.63) is 34.4 Å². The largest absolute Gasteiger partial charge is 0.204 e. The van der Waals surface area contributed by atoms with Gasteiger partial charge in [0.15, 0.2) is 11.6 Å². The Morgan fingerprint density at radius 3 is 2.31 bits per heavy atom. The van der Waals surface area contributed by atoms with Crippen LogP contribution in [0.3, 0.4) is 0 Å². The maximum absolute atomic E-state index is 13.1. The summed E-state index contributed by atoms with van der Waals surface area (Å²) in [5.74, 6) is -1.19. The zero-order valence-electron chi connectivity index (χ0n) is 9.24. The van der Waals surface area contributed by atoms with Crippen LogP contribution in [0.2, 0.25) is 5.02 Å². The van der Waals surface area contributed by atoms with Crippen LogP contribution in [0.25, 0.3) is 0 Å². The zero-order valence-corrected chi connectivity index (χ0v) is 11.6. The van der Waals surface area contributed by atoms with Crippen LogP contribution in [0.5, 0.6) is 0 Å². The molecular formula is C12H14BrClF2. The van der Waals surface area contributed by atoms with Gasteiger partial charge in [-0.25, -0.2) is 8.78 Å². The lowest BCUT2D eigenvalue weighted by Crippen LogP contribution is -1.97. The molecule has 0 amide bonds. The monoisotopic (exact) mass is 310 g/mol. The van der Waals surface area contributed by atoms with Gasteiger partial charge in [0.1, 0.15) is 0 Å². The van der Waals surface area contributed by atoms with Crippen molar-refractivity contribution < 1.29 is 8.78 Å². The van der Waals surface area contributed by atoms with E-state index in [2.05, 4.69) is 29.8 Å². The molecule has 0 aromatic heterocycles. The van der Waals surface area contributed by atoms with Crippen molar-refractivity contribution >= 4 is 27.5 Å². The van der Waals surface area contributed by atoms with Crippen LogP contribution in [-0.2, 0) is 0 Å². The lowest BCUT2D eigenvalue weighted by molar-refractivity contribution is 0.505. The van der Waals surface area contributed by atoms with Crippen LogP contribution in [-0.4, -0.2) is 0 Å². The van der Waals surface area contributed by atoms with Gasteiger partial charge in [0.2, 0.25) is 0 Å². The van der Waals surface area contributed by atoms with Crippen molar-refractivity contribution in [2.24, 2.45) is 5.92 Å². The van der Waals surface area contributed by atoms with E-state index in [1.54, 1.807) is 0 Å². The molecule has 1 aromatic rings. The standard InChI is InChI=1S/C12H14BrClF2/c1-7(2)3-4-9(13)8-5-11(15)12(16)6-10(8)14/h5-7,9H,3-4H2,1-2H3. The normalized spacial score (nSPS) is 13.2. The van der Waals surface area contributed by atoms with Crippen molar-refractivity contribution in [2.45, 2.75) is 31.5 Å². The van der Waals surface area contributed by atoms with Gasteiger partial charge in [-0.3, -0.25) is 0 Å². The Morgan fingerprint density at radius 2 is 1.75 bits per heavy atom. The highest BCUT2D eigenvalue weighted by molar-refractivity contribution is 9.09. The van der Waals surface area contributed by atoms with Gasteiger partial charge in [0.25, 0.3) is 0 Å². The highest BCUT2D eigenvalue weighted by Gasteiger charge is 2.15. The van der Waals surface area contributed by atoms with Crippen molar-refractivity contribution in [2.75, 3.05) is 0 Å². The van der Waals surface area contributed by atoms with E-state index in [9.17, 15) is 8.78 Å². The van der Waals surface area contributed by atoms with E-state index in [1.807, 2.05) is 0 Å². The number of hydrogen-bond donors (Lipinski definition) is 0. The Bertz CT molecular complexity index is 366. The molecule has 0 heterocycles. The third kappa shape index (κ3) is 3.70. The summed E-state index contributed by atoms with van der Waals surface area (Å²) in [7, 11) is 0. The molecule has 4 heteroatoms. The Kier molecular flexibility index (Phi) is 5.19. The first-order chi connectivity index (χ1) is 7.41. The SMILES string of the molecule is CC(C)CCC(Br)c1cc(F)c(F)cc1Cl. The molecule has 1 aromatic carbocycles. The van der Waals surface area contributed by atoms with Gasteiger partial charge >= 0.3 is 0 Å². The summed E-state index contributed by atoms with van der Waals surface area (Å²) in [4.78, 5) is -0.0301.